The molecule has 0 radical (unpaired) electrons. The average molecular weight is 402 g/mol. The van der Waals surface area contributed by atoms with Gasteiger partial charge in [0.2, 0.25) is 6.79 Å². The van der Waals surface area contributed by atoms with Crippen LogP contribution in [0.1, 0.15) is 18.1 Å². The summed E-state index contributed by atoms with van der Waals surface area (Å²) in [6.45, 7) is 4.38. The molecule has 150 valence electrons. The smallest absolute Gasteiger partial charge is 0.231 e. The zero-order chi connectivity index (χ0) is 19.6. The minimum absolute atomic E-state index is 0.292. The van der Waals surface area contributed by atoms with Crippen LogP contribution in [0.5, 0.6) is 11.5 Å². The van der Waals surface area contributed by atoms with Crippen molar-refractivity contribution in [3.8, 4) is 11.5 Å². The van der Waals surface area contributed by atoms with Gasteiger partial charge in [0.1, 0.15) is 0 Å². The largest absolute Gasteiger partial charge is 0.454 e. The van der Waals surface area contributed by atoms with Gasteiger partial charge < -0.3 is 20.1 Å². The second-order valence-electron chi connectivity index (χ2n) is 6.40. The van der Waals surface area contributed by atoms with Crippen LogP contribution in [0, 0.1) is 0 Å². The normalized spacial score (nSPS) is 14.0. The maximum Gasteiger partial charge on any atom is 0.231 e. The number of benzene rings is 2. The van der Waals surface area contributed by atoms with E-state index in [0.29, 0.717) is 24.8 Å². The SMILES string of the molecule is CCNC(=NCCS(=O)Cc1ccccc1)NCCc1ccc2c(c1)OCO2. The quantitative estimate of drug-likeness (QED) is 0.499. The van der Waals surface area contributed by atoms with Crippen LogP contribution in [0.3, 0.4) is 0 Å². The molecule has 2 aromatic carbocycles. The van der Waals surface area contributed by atoms with E-state index < -0.39 is 10.8 Å². The van der Waals surface area contributed by atoms with Gasteiger partial charge in [0.15, 0.2) is 17.5 Å². The molecule has 1 aliphatic rings. The van der Waals surface area contributed by atoms with E-state index in [0.717, 1.165) is 42.5 Å². The van der Waals surface area contributed by atoms with Gasteiger partial charge in [-0.2, -0.15) is 0 Å². The lowest BCUT2D eigenvalue weighted by Crippen LogP contribution is -2.38. The number of nitrogens with zero attached hydrogens (tertiary/aromatic N) is 1. The summed E-state index contributed by atoms with van der Waals surface area (Å²) in [5.74, 6) is 3.48. The summed E-state index contributed by atoms with van der Waals surface area (Å²) in [4.78, 5) is 4.54. The van der Waals surface area contributed by atoms with Crippen molar-refractivity contribution in [2.24, 2.45) is 4.99 Å². The Morgan fingerprint density at radius 1 is 1.07 bits per heavy atom. The summed E-state index contributed by atoms with van der Waals surface area (Å²) in [6, 6.07) is 15.9. The summed E-state index contributed by atoms with van der Waals surface area (Å²) in [5, 5.41) is 6.56. The number of aliphatic imine (C=N–C) groups is 1. The van der Waals surface area contributed by atoms with Gasteiger partial charge in [0.05, 0.1) is 6.54 Å². The molecule has 7 heteroatoms. The molecule has 2 N–H and O–H groups in total. The fraction of sp³-hybridized carbons (Fsp3) is 0.381. The minimum atomic E-state index is -0.915. The molecule has 1 atom stereocenters. The van der Waals surface area contributed by atoms with Crippen LogP contribution < -0.4 is 20.1 Å². The zero-order valence-electron chi connectivity index (χ0n) is 16.1. The standard InChI is InChI=1S/C21H27N3O3S/c1-2-22-21(24-12-13-28(25)15-18-6-4-3-5-7-18)23-11-10-17-8-9-19-20(14-17)27-16-26-19/h3-9,14H,2,10-13,15-16H2,1H3,(H2,22,23,24). The average Bonchev–Trinajstić information content (AvgIpc) is 3.16. The highest BCUT2D eigenvalue weighted by Gasteiger charge is 2.13. The van der Waals surface area contributed by atoms with Crippen LogP contribution >= 0.6 is 0 Å². The Morgan fingerprint density at radius 3 is 2.71 bits per heavy atom. The lowest BCUT2D eigenvalue weighted by Gasteiger charge is -2.11. The van der Waals surface area contributed by atoms with Crippen molar-refractivity contribution in [3.05, 3.63) is 59.7 Å². The number of guanidine groups is 1. The molecule has 0 saturated carbocycles. The van der Waals surface area contributed by atoms with Crippen molar-refractivity contribution < 1.29 is 13.7 Å². The summed E-state index contributed by atoms with van der Waals surface area (Å²) in [6.07, 6.45) is 0.848. The molecular weight excluding hydrogens is 374 g/mol. The first kappa shape index (κ1) is 20.2. The predicted molar refractivity (Wildman–Crippen MR) is 113 cm³/mol. The Hall–Kier alpha value is -2.54. The van der Waals surface area contributed by atoms with Crippen LogP contribution in [0.15, 0.2) is 53.5 Å². The highest BCUT2D eigenvalue weighted by atomic mass is 32.2. The van der Waals surface area contributed by atoms with E-state index in [1.165, 1.54) is 5.56 Å². The first-order chi connectivity index (χ1) is 13.7. The molecule has 3 rings (SSSR count). The van der Waals surface area contributed by atoms with Crippen molar-refractivity contribution in [1.82, 2.24) is 10.6 Å². The molecule has 0 aromatic heterocycles. The lowest BCUT2D eigenvalue weighted by molar-refractivity contribution is 0.174. The Bertz CT molecular complexity index is 812. The molecule has 1 aliphatic heterocycles. The third-order valence-electron chi connectivity index (χ3n) is 4.25. The molecule has 0 saturated heterocycles. The van der Waals surface area contributed by atoms with Gasteiger partial charge in [-0.25, -0.2) is 0 Å². The molecule has 0 bridgehead atoms. The maximum atomic E-state index is 12.2. The molecular formula is C21H27N3O3S. The Labute approximate surface area is 168 Å². The Morgan fingerprint density at radius 2 is 1.89 bits per heavy atom. The lowest BCUT2D eigenvalue weighted by atomic mass is 10.1. The number of hydrogen-bond donors (Lipinski definition) is 2. The number of fused-ring (bicyclic) bond motifs is 1. The number of hydrogen-bond acceptors (Lipinski definition) is 4. The third kappa shape index (κ3) is 6.27. The van der Waals surface area contributed by atoms with Gasteiger partial charge in [-0.05, 0) is 36.6 Å². The van der Waals surface area contributed by atoms with Gasteiger partial charge in [0, 0.05) is 35.4 Å². The Kier molecular flexibility index (Phi) is 7.72. The van der Waals surface area contributed by atoms with E-state index in [4.69, 9.17) is 9.47 Å². The van der Waals surface area contributed by atoms with Gasteiger partial charge in [-0.15, -0.1) is 0 Å². The minimum Gasteiger partial charge on any atom is -0.454 e. The third-order valence-corrected chi connectivity index (χ3v) is 5.54. The molecule has 1 unspecified atom stereocenters. The predicted octanol–water partition coefficient (Wildman–Crippen LogP) is 2.46. The van der Waals surface area contributed by atoms with E-state index in [1.807, 2.05) is 55.5 Å². The first-order valence-electron chi connectivity index (χ1n) is 9.54. The number of ether oxygens (including phenoxy) is 2. The zero-order valence-corrected chi connectivity index (χ0v) is 17.0. The second kappa shape index (κ2) is 10.7. The maximum absolute atomic E-state index is 12.2. The van der Waals surface area contributed by atoms with Crippen molar-refractivity contribution in [2.45, 2.75) is 19.1 Å². The number of rotatable bonds is 9. The van der Waals surface area contributed by atoms with E-state index in [1.54, 1.807) is 0 Å². The van der Waals surface area contributed by atoms with E-state index >= 15 is 0 Å². The van der Waals surface area contributed by atoms with Crippen molar-refractivity contribution in [1.29, 1.82) is 0 Å². The molecule has 0 aliphatic carbocycles. The van der Waals surface area contributed by atoms with Crippen molar-refractivity contribution in [2.75, 3.05) is 32.2 Å². The summed E-state index contributed by atoms with van der Waals surface area (Å²) in [5.41, 5.74) is 2.27. The van der Waals surface area contributed by atoms with Crippen LogP contribution in [-0.4, -0.2) is 42.3 Å². The molecule has 0 amide bonds. The van der Waals surface area contributed by atoms with E-state index in [-0.39, 0.29) is 0 Å². The van der Waals surface area contributed by atoms with Gasteiger partial charge >= 0.3 is 0 Å². The fourth-order valence-electron chi connectivity index (χ4n) is 2.86. The number of nitrogens with one attached hydrogen (secondary N) is 2. The summed E-state index contributed by atoms with van der Waals surface area (Å²) in [7, 11) is -0.915. The van der Waals surface area contributed by atoms with Gasteiger partial charge in [0.25, 0.3) is 0 Å². The van der Waals surface area contributed by atoms with E-state index in [2.05, 4.69) is 15.6 Å². The highest BCUT2D eigenvalue weighted by molar-refractivity contribution is 7.84. The fourth-order valence-corrected chi connectivity index (χ4v) is 3.86. The second-order valence-corrected chi connectivity index (χ2v) is 7.98. The first-order valence-corrected chi connectivity index (χ1v) is 11.0. The topological polar surface area (TPSA) is 72.0 Å². The van der Waals surface area contributed by atoms with Crippen LogP contribution in [-0.2, 0) is 23.0 Å². The molecule has 1 heterocycles. The van der Waals surface area contributed by atoms with E-state index in [9.17, 15) is 4.21 Å². The van der Waals surface area contributed by atoms with Crippen LogP contribution in [0.4, 0.5) is 0 Å². The van der Waals surface area contributed by atoms with Crippen LogP contribution in [0.2, 0.25) is 0 Å². The summed E-state index contributed by atoms with van der Waals surface area (Å²) >= 11 is 0. The molecule has 2 aromatic rings. The Balaban J connectivity index is 1.42. The summed E-state index contributed by atoms with van der Waals surface area (Å²) < 4.78 is 23.0. The monoisotopic (exact) mass is 401 g/mol. The molecule has 0 spiro atoms. The molecule has 6 nitrogen and oxygen atoms in total. The van der Waals surface area contributed by atoms with Crippen molar-refractivity contribution in [3.63, 3.8) is 0 Å². The van der Waals surface area contributed by atoms with Crippen LogP contribution in [0.25, 0.3) is 0 Å². The molecule has 0 fully saturated rings. The van der Waals surface area contributed by atoms with Crippen molar-refractivity contribution >= 4 is 16.8 Å². The van der Waals surface area contributed by atoms with Gasteiger partial charge in [-0.3, -0.25) is 9.20 Å². The molecule has 28 heavy (non-hydrogen) atoms. The van der Waals surface area contributed by atoms with Gasteiger partial charge in [-0.1, -0.05) is 36.4 Å². The highest BCUT2D eigenvalue weighted by Crippen LogP contribution is 2.32.